The molecule has 4 aromatic carbocycles. The Kier molecular flexibility index (Phi) is 3.46. The van der Waals surface area contributed by atoms with Crippen molar-refractivity contribution in [2.24, 2.45) is 0 Å². The maximum atomic E-state index is 3.52. The molecule has 0 aliphatic carbocycles. The Labute approximate surface area is 132 Å². The van der Waals surface area contributed by atoms with Crippen molar-refractivity contribution >= 4 is 32.3 Å². The van der Waals surface area contributed by atoms with Crippen LogP contribution in [0, 0.1) is 6.07 Å². The topological polar surface area (TPSA) is 0 Å². The summed E-state index contributed by atoms with van der Waals surface area (Å²) >= 11 is 0. The quantitative estimate of drug-likeness (QED) is 0.290. The van der Waals surface area contributed by atoms with Crippen molar-refractivity contribution in [3.8, 4) is 0 Å². The Hall–Kier alpha value is -2.08. The molecular weight excluding hydrogens is 264 g/mol. The van der Waals surface area contributed by atoms with E-state index in [1.165, 1.54) is 70.0 Å². The Morgan fingerprint density at radius 3 is 2.50 bits per heavy atom. The van der Waals surface area contributed by atoms with Gasteiger partial charge >= 0.3 is 0 Å². The van der Waals surface area contributed by atoms with E-state index in [-0.39, 0.29) is 0 Å². The summed E-state index contributed by atoms with van der Waals surface area (Å²) < 4.78 is 0. The van der Waals surface area contributed by atoms with E-state index in [1.807, 2.05) is 0 Å². The zero-order valence-corrected chi connectivity index (χ0v) is 13.2. The van der Waals surface area contributed by atoms with Crippen molar-refractivity contribution in [1.82, 2.24) is 0 Å². The molecule has 0 N–H and O–H groups in total. The van der Waals surface area contributed by atoms with Gasteiger partial charge in [0.25, 0.3) is 0 Å². The molecule has 4 rings (SSSR count). The molecule has 0 fully saturated rings. The van der Waals surface area contributed by atoms with E-state index in [2.05, 4.69) is 61.5 Å². The molecular formula is C22H21. The van der Waals surface area contributed by atoms with E-state index in [0.717, 1.165) is 0 Å². The highest BCUT2D eigenvalue weighted by Gasteiger charge is 2.11. The molecule has 0 spiro atoms. The summed E-state index contributed by atoms with van der Waals surface area (Å²) in [5, 5.41) is 8.20. The van der Waals surface area contributed by atoms with Crippen LogP contribution >= 0.6 is 0 Å². The third-order valence-electron chi connectivity index (χ3n) is 4.80. The molecule has 0 aliphatic rings. The molecule has 0 nitrogen and oxygen atoms in total. The van der Waals surface area contributed by atoms with Gasteiger partial charge in [-0.3, -0.25) is 0 Å². The van der Waals surface area contributed by atoms with Gasteiger partial charge in [-0.2, -0.15) is 0 Å². The first-order valence-corrected chi connectivity index (χ1v) is 8.45. The maximum absolute atomic E-state index is 3.52. The van der Waals surface area contributed by atoms with E-state index in [4.69, 9.17) is 0 Å². The van der Waals surface area contributed by atoms with Gasteiger partial charge in [0.05, 0.1) is 0 Å². The van der Waals surface area contributed by atoms with Crippen LogP contribution in [0.5, 0.6) is 0 Å². The minimum Gasteiger partial charge on any atom is -0.0654 e. The SMILES string of the molecule is CCCCCCc1cc2cccc3ccc4cc[c]c1c4c32. The van der Waals surface area contributed by atoms with E-state index < -0.39 is 0 Å². The lowest BCUT2D eigenvalue weighted by Crippen LogP contribution is -1.92. The molecule has 0 heteroatoms. The molecule has 109 valence electrons. The van der Waals surface area contributed by atoms with Crippen LogP contribution in [0.25, 0.3) is 32.3 Å². The molecule has 0 amide bonds. The fourth-order valence-corrected chi connectivity index (χ4v) is 3.69. The maximum Gasteiger partial charge on any atom is -0.00178 e. The van der Waals surface area contributed by atoms with Gasteiger partial charge < -0.3 is 0 Å². The van der Waals surface area contributed by atoms with Gasteiger partial charge in [0.2, 0.25) is 0 Å². The highest BCUT2D eigenvalue weighted by atomic mass is 14.1. The summed E-state index contributed by atoms with van der Waals surface area (Å²) in [5.74, 6) is 0. The zero-order valence-electron chi connectivity index (χ0n) is 13.2. The third kappa shape index (κ3) is 2.14. The van der Waals surface area contributed by atoms with Crippen LogP contribution in [0.4, 0.5) is 0 Å². The molecule has 0 bridgehead atoms. The van der Waals surface area contributed by atoms with Crippen molar-refractivity contribution in [2.75, 3.05) is 0 Å². The largest absolute Gasteiger partial charge is 0.0654 e. The second-order valence-corrected chi connectivity index (χ2v) is 6.31. The van der Waals surface area contributed by atoms with Crippen molar-refractivity contribution in [3.05, 3.63) is 60.2 Å². The monoisotopic (exact) mass is 285 g/mol. The second kappa shape index (κ2) is 5.61. The van der Waals surface area contributed by atoms with Crippen LogP contribution in [0.15, 0.2) is 48.5 Å². The molecule has 0 saturated heterocycles. The molecule has 0 saturated carbocycles. The molecule has 0 atom stereocenters. The van der Waals surface area contributed by atoms with Gasteiger partial charge in [0, 0.05) is 0 Å². The zero-order chi connectivity index (χ0) is 14.9. The minimum atomic E-state index is 1.17. The minimum absolute atomic E-state index is 1.17. The first kappa shape index (κ1) is 13.6. The van der Waals surface area contributed by atoms with Crippen LogP contribution in [-0.2, 0) is 6.42 Å². The van der Waals surface area contributed by atoms with Gasteiger partial charge in [0.1, 0.15) is 0 Å². The van der Waals surface area contributed by atoms with Crippen LogP contribution in [0.2, 0.25) is 0 Å². The summed E-state index contributed by atoms with van der Waals surface area (Å²) in [6, 6.07) is 21.3. The molecule has 1 radical (unpaired) electrons. The lowest BCUT2D eigenvalue weighted by Gasteiger charge is -2.14. The number of benzene rings is 4. The number of hydrogen-bond acceptors (Lipinski definition) is 0. The van der Waals surface area contributed by atoms with E-state index in [9.17, 15) is 0 Å². The first-order chi connectivity index (χ1) is 10.9. The molecule has 0 aliphatic heterocycles. The Bertz CT molecular complexity index is 917. The van der Waals surface area contributed by atoms with Crippen molar-refractivity contribution < 1.29 is 0 Å². The van der Waals surface area contributed by atoms with Crippen LogP contribution in [-0.4, -0.2) is 0 Å². The summed E-state index contributed by atoms with van der Waals surface area (Å²) in [7, 11) is 0. The summed E-state index contributed by atoms with van der Waals surface area (Å²) in [5.41, 5.74) is 1.47. The standard InChI is InChI=1S/C22H21/c1-2-3-4-5-8-18-15-19-11-6-9-16-13-14-17-10-7-12-20(18)22(17)21(16)19/h6-7,9-11,13-15H,2-5,8H2,1H3. The van der Waals surface area contributed by atoms with E-state index in [1.54, 1.807) is 0 Å². The number of rotatable bonds is 5. The lowest BCUT2D eigenvalue weighted by atomic mass is 9.90. The highest BCUT2D eigenvalue weighted by Crippen LogP contribution is 2.36. The normalized spacial score (nSPS) is 11.9. The number of hydrogen-bond donors (Lipinski definition) is 0. The summed E-state index contributed by atoms with van der Waals surface area (Å²) in [6.07, 6.45) is 6.41. The Morgan fingerprint density at radius 1 is 0.818 bits per heavy atom. The smallest absolute Gasteiger partial charge is 0.00178 e. The molecule has 22 heavy (non-hydrogen) atoms. The summed E-state index contributed by atoms with van der Waals surface area (Å²) in [6.45, 7) is 2.27. The Morgan fingerprint density at radius 2 is 1.64 bits per heavy atom. The van der Waals surface area contributed by atoms with E-state index in [0.29, 0.717) is 0 Å². The van der Waals surface area contributed by atoms with Crippen LogP contribution in [0.3, 0.4) is 0 Å². The van der Waals surface area contributed by atoms with Gasteiger partial charge in [-0.25, -0.2) is 0 Å². The van der Waals surface area contributed by atoms with Gasteiger partial charge in [0.15, 0.2) is 0 Å². The number of unbranched alkanes of at least 4 members (excludes halogenated alkanes) is 3. The fourth-order valence-electron chi connectivity index (χ4n) is 3.69. The van der Waals surface area contributed by atoms with Crippen molar-refractivity contribution in [3.63, 3.8) is 0 Å². The van der Waals surface area contributed by atoms with E-state index >= 15 is 0 Å². The average Bonchev–Trinajstić information content (AvgIpc) is 2.57. The first-order valence-electron chi connectivity index (χ1n) is 8.45. The van der Waals surface area contributed by atoms with Crippen molar-refractivity contribution in [1.29, 1.82) is 0 Å². The predicted molar refractivity (Wildman–Crippen MR) is 96.8 cm³/mol. The molecule has 0 heterocycles. The fraction of sp³-hybridized carbons (Fsp3) is 0.273. The predicted octanol–water partition coefficient (Wildman–Crippen LogP) is 6.51. The van der Waals surface area contributed by atoms with Crippen LogP contribution < -0.4 is 0 Å². The number of aryl methyl sites for hydroxylation is 1. The molecule has 0 aromatic heterocycles. The van der Waals surface area contributed by atoms with Gasteiger partial charge in [-0.1, -0.05) is 74.7 Å². The average molecular weight is 285 g/mol. The Balaban J connectivity index is 1.92. The molecule has 4 aromatic rings. The second-order valence-electron chi connectivity index (χ2n) is 6.31. The van der Waals surface area contributed by atoms with Crippen molar-refractivity contribution in [2.45, 2.75) is 39.0 Å². The summed E-state index contributed by atoms with van der Waals surface area (Å²) in [4.78, 5) is 0. The highest BCUT2D eigenvalue weighted by molar-refractivity contribution is 6.23. The van der Waals surface area contributed by atoms with Gasteiger partial charge in [-0.15, -0.1) is 0 Å². The van der Waals surface area contributed by atoms with Gasteiger partial charge in [-0.05, 0) is 56.8 Å². The van der Waals surface area contributed by atoms with Crippen LogP contribution in [0.1, 0.15) is 38.2 Å². The molecule has 0 unspecified atom stereocenters. The third-order valence-corrected chi connectivity index (χ3v) is 4.80. The lowest BCUT2D eigenvalue weighted by molar-refractivity contribution is 0.668.